The standard InChI is InChI=1S/C57H34O2/c1-3-15-40(16-4-1)57(41-17-5-2-6-18-41)50-31-37(36-26-29-53-49(30-36)46-21-9-12-35-13-11-23-54(58-53)56(35)46)24-27-43(50)48-34-47-38(32-51(48)57)14-10-20-42(47)39-25-28-45-44-19-7-8-22-52(44)59-55(45)33-39/h1-34H. The average Bonchev–Trinajstić information content (AvgIpc) is 3.81. The van der Waals surface area contributed by atoms with Crippen molar-refractivity contribution in [3.05, 3.63) is 229 Å². The topological polar surface area (TPSA) is 22.4 Å². The Hall–Kier alpha value is -7.68. The molecule has 10 aromatic carbocycles. The summed E-state index contributed by atoms with van der Waals surface area (Å²) in [4.78, 5) is 0. The molecule has 1 aliphatic heterocycles. The summed E-state index contributed by atoms with van der Waals surface area (Å²) in [5, 5.41) is 7.06. The number of ether oxygens (including phenoxy) is 1. The third-order valence-corrected chi connectivity index (χ3v) is 12.9. The van der Waals surface area contributed by atoms with Crippen molar-refractivity contribution >= 4 is 43.5 Å². The molecule has 274 valence electrons. The molecule has 0 atom stereocenters. The molecule has 2 aliphatic rings. The third-order valence-electron chi connectivity index (χ3n) is 12.9. The van der Waals surface area contributed by atoms with Gasteiger partial charge in [0.2, 0.25) is 0 Å². The minimum absolute atomic E-state index is 0.553. The fraction of sp³-hybridized carbons (Fsp3) is 0.0175. The van der Waals surface area contributed by atoms with Crippen molar-refractivity contribution in [1.29, 1.82) is 0 Å². The second-order valence-electron chi connectivity index (χ2n) is 15.9. The van der Waals surface area contributed by atoms with Crippen LogP contribution in [0.15, 0.2) is 211 Å². The van der Waals surface area contributed by atoms with Gasteiger partial charge in [0.15, 0.2) is 0 Å². The number of fused-ring (bicyclic) bond motifs is 9. The quantitative estimate of drug-likeness (QED) is 0.179. The average molecular weight is 751 g/mol. The predicted molar refractivity (Wildman–Crippen MR) is 242 cm³/mol. The maximum absolute atomic E-state index is 6.51. The Morgan fingerprint density at radius 2 is 0.983 bits per heavy atom. The van der Waals surface area contributed by atoms with E-state index in [2.05, 4.69) is 194 Å². The number of rotatable bonds is 4. The molecule has 0 amide bonds. The van der Waals surface area contributed by atoms with Crippen LogP contribution in [0, 0.1) is 0 Å². The monoisotopic (exact) mass is 750 g/mol. The molecule has 0 spiro atoms. The number of benzene rings is 10. The molecule has 0 unspecified atom stereocenters. The Morgan fingerprint density at radius 3 is 1.81 bits per heavy atom. The lowest BCUT2D eigenvalue weighted by atomic mass is 9.67. The van der Waals surface area contributed by atoms with Gasteiger partial charge in [0.1, 0.15) is 22.7 Å². The molecule has 59 heavy (non-hydrogen) atoms. The highest BCUT2D eigenvalue weighted by Crippen LogP contribution is 2.58. The van der Waals surface area contributed by atoms with E-state index in [0.717, 1.165) is 50.1 Å². The first-order valence-electron chi connectivity index (χ1n) is 20.3. The molecule has 0 N–H and O–H groups in total. The molecule has 1 aromatic heterocycles. The van der Waals surface area contributed by atoms with Gasteiger partial charge in [0.05, 0.1) is 5.41 Å². The summed E-state index contributed by atoms with van der Waals surface area (Å²) >= 11 is 0. The summed E-state index contributed by atoms with van der Waals surface area (Å²) in [5.41, 5.74) is 15.8. The van der Waals surface area contributed by atoms with Gasteiger partial charge in [-0.05, 0) is 132 Å². The van der Waals surface area contributed by atoms with E-state index < -0.39 is 5.41 Å². The van der Waals surface area contributed by atoms with E-state index in [1.807, 2.05) is 12.1 Å². The van der Waals surface area contributed by atoms with Gasteiger partial charge < -0.3 is 9.15 Å². The molecule has 2 nitrogen and oxygen atoms in total. The van der Waals surface area contributed by atoms with E-state index in [1.165, 1.54) is 71.6 Å². The van der Waals surface area contributed by atoms with E-state index in [0.29, 0.717) is 0 Å². The Morgan fingerprint density at radius 1 is 0.322 bits per heavy atom. The lowest BCUT2D eigenvalue weighted by molar-refractivity contribution is 0.487. The first-order chi connectivity index (χ1) is 29.2. The minimum Gasteiger partial charge on any atom is -0.456 e. The van der Waals surface area contributed by atoms with Crippen molar-refractivity contribution in [1.82, 2.24) is 0 Å². The van der Waals surface area contributed by atoms with Crippen LogP contribution in [-0.2, 0) is 5.41 Å². The molecule has 0 bridgehead atoms. The Bertz CT molecular complexity index is 3480. The predicted octanol–water partition coefficient (Wildman–Crippen LogP) is 15.4. The second-order valence-corrected chi connectivity index (χ2v) is 15.9. The smallest absolute Gasteiger partial charge is 0.136 e. The zero-order chi connectivity index (χ0) is 38.7. The highest BCUT2D eigenvalue weighted by molar-refractivity contribution is 6.09. The van der Waals surface area contributed by atoms with Crippen molar-refractivity contribution < 1.29 is 9.15 Å². The van der Waals surface area contributed by atoms with E-state index in [9.17, 15) is 0 Å². The summed E-state index contributed by atoms with van der Waals surface area (Å²) in [6.07, 6.45) is 0. The van der Waals surface area contributed by atoms with Crippen LogP contribution in [0.2, 0.25) is 0 Å². The molecule has 0 fully saturated rings. The number of furan rings is 1. The Balaban J connectivity index is 1.05. The van der Waals surface area contributed by atoms with E-state index in [1.54, 1.807) is 0 Å². The van der Waals surface area contributed by atoms with Gasteiger partial charge in [0, 0.05) is 21.7 Å². The largest absolute Gasteiger partial charge is 0.456 e. The summed E-state index contributed by atoms with van der Waals surface area (Å²) in [5.74, 6) is 1.80. The van der Waals surface area contributed by atoms with Crippen LogP contribution in [0.1, 0.15) is 22.3 Å². The van der Waals surface area contributed by atoms with Gasteiger partial charge in [-0.1, -0.05) is 152 Å². The van der Waals surface area contributed by atoms with Crippen molar-refractivity contribution in [2.75, 3.05) is 0 Å². The highest BCUT2D eigenvalue weighted by Gasteiger charge is 2.46. The minimum atomic E-state index is -0.553. The SMILES string of the molecule is c1ccc(C2(c3ccccc3)c3cc(-c4ccc5c(c4)-c4cccc6cccc(c46)O5)ccc3-c3cc4c(-c5ccc6c(c5)oc5ccccc56)cccc4cc32)cc1. The number of hydrogen-bond donors (Lipinski definition) is 0. The van der Waals surface area contributed by atoms with Gasteiger partial charge in [-0.15, -0.1) is 0 Å². The lowest BCUT2D eigenvalue weighted by Crippen LogP contribution is -2.28. The molecule has 1 aliphatic carbocycles. The van der Waals surface area contributed by atoms with Crippen molar-refractivity contribution in [2.45, 2.75) is 5.41 Å². The maximum atomic E-state index is 6.51. The fourth-order valence-electron chi connectivity index (χ4n) is 10.3. The fourth-order valence-corrected chi connectivity index (χ4v) is 10.3. The van der Waals surface area contributed by atoms with Crippen LogP contribution in [0.25, 0.3) is 88.0 Å². The van der Waals surface area contributed by atoms with Crippen LogP contribution in [0.5, 0.6) is 11.5 Å². The summed E-state index contributed by atoms with van der Waals surface area (Å²) in [6, 6.07) is 75.3. The van der Waals surface area contributed by atoms with E-state index in [-0.39, 0.29) is 0 Å². The summed E-state index contributed by atoms with van der Waals surface area (Å²) in [7, 11) is 0. The van der Waals surface area contributed by atoms with Gasteiger partial charge >= 0.3 is 0 Å². The molecule has 13 rings (SSSR count). The summed E-state index contributed by atoms with van der Waals surface area (Å²) in [6.45, 7) is 0. The van der Waals surface area contributed by atoms with Crippen molar-refractivity contribution in [3.63, 3.8) is 0 Å². The normalized spacial score (nSPS) is 13.4. The van der Waals surface area contributed by atoms with Gasteiger partial charge in [-0.3, -0.25) is 0 Å². The zero-order valence-electron chi connectivity index (χ0n) is 31.9. The van der Waals surface area contributed by atoms with Crippen LogP contribution in [0.3, 0.4) is 0 Å². The second kappa shape index (κ2) is 12.2. The number of para-hydroxylation sites is 1. The van der Waals surface area contributed by atoms with Crippen LogP contribution < -0.4 is 4.74 Å². The maximum Gasteiger partial charge on any atom is 0.136 e. The molecule has 0 saturated heterocycles. The van der Waals surface area contributed by atoms with E-state index in [4.69, 9.17) is 9.15 Å². The Labute approximate surface area is 341 Å². The molecule has 2 heteroatoms. The van der Waals surface area contributed by atoms with Crippen molar-refractivity contribution in [3.8, 4) is 56.0 Å². The van der Waals surface area contributed by atoms with Gasteiger partial charge in [-0.25, -0.2) is 0 Å². The van der Waals surface area contributed by atoms with Gasteiger partial charge in [-0.2, -0.15) is 0 Å². The van der Waals surface area contributed by atoms with Crippen molar-refractivity contribution in [2.24, 2.45) is 0 Å². The molecule has 11 aromatic rings. The Kier molecular flexibility index (Phi) is 6.68. The van der Waals surface area contributed by atoms with Crippen LogP contribution >= 0.6 is 0 Å². The zero-order valence-corrected chi connectivity index (χ0v) is 31.9. The number of hydrogen-bond acceptors (Lipinski definition) is 2. The highest BCUT2D eigenvalue weighted by atomic mass is 16.5. The molecular weight excluding hydrogens is 717 g/mol. The molecule has 2 heterocycles. The lowest BCUT2D eigenvalue weighted by Gasteiger charge is -2.34. The first-order valence-corrected chi connectivity index (χ1v) is 20.3. The molecule has 0 saturated carbocycles. The molecular formula is C57H34O2. The first kappa shape index (κ1) is 32.4. The third kappa shape index (κ3) is 4.57. The summed E-state index contributed by atoms with van der Waals surface area (Å²) < 4.78 is 12.9. The van der Waals surface area contributed by atoms with Crippen LogP contribution in [0.4, 0.5) is 0 Å². The molecule has 0 radical (unpaired) electrons. The van der Waals surface area contributed by atoms with Crippen LogP contribution in [-0.4, -0.2) is 0 Å². The van der Waals surface area contributed by atoms with E-state index >= 15 is 0 Å². The van der Waals surface area contributed by atoms with Gasteiger partial charge in [0.25, 0.3) is 0 Å².